The number of alkyl halides is 3. The Hall–Kier alpha value is -4.28. The number of aromatic carboxylic acids is 1. The fourth-order valence-corrected chi connectivity index (χ4v) is 2.67. The standard InChI is InChI=1S/C22H17F3N2O6/c1-31-19-9-13(5-7-17(19)32-12-16-6-8-18(33-16)21(29)30)11-26-27-20(28)14-3-2-4-15(10-14)22(23,24)25/h2-11H,12H2,1H3,(H,27,28)(H,29,30). The van der Waals surface area contributed by atoms with Gasteiger partial charge in [-0.3, -0.25) is 4.79 Å². The molecule has 11 heteroatoms. The minimum Gasteiger partial charge on any atom is -0.493 e. The maximum absolute atomic E-state index is 12.8. The lowest BCUT2D eigenvalue weighted by Crippen LogP contribution is -2.18. The Labute approximate surface area is 185 Å². The zero-order chi connectivity index (χ0) is 24.0. The highest BCUT2D eigenvalue weighted by atomic mass is 19.4. The summed E-state index contributed by atoms with van der Waals surface area (Å²) in [6.07, 6.45) is -3.28. The summed E-state index contributed by atoms with van der Waals surface area (Å²) >= 11 is 0. The van der Waals surface area contributed by atoms with Gasteiger partial charge in [0.25, 0.3) is 5.91 Å². The topological polar surface area (TPSA) is 110 Å². The number of carboxylic acid groups (broad SMARTS) is 1. The normalized spacial score (nSPS) is 11.4. The number of carbonyl (C=O) groups excluding carboxylic acids is 1. The van der Waals surface area contributed by atoms with Crippen molar-refractivity contribution in [1.82, 2.24) is 5.43 Å². The van der Waals surface area contributed by atoms with Gasteiger partial charge in [-0.05, 0) is 54.1 Å². The molecule has 0 aliphatic carbocycles. The molecule has 0 aliphatic rings. The fraction of sp³-hybridized carbons (Fsp3) is 0.136. The molecule has 0 bridgehead atoms. The number of hydrogen-bond donors (Lipinski definition) is 2. The second kappa shape index (κ2) is 9.90. The van der Waals surface area contributed by atoms with Crippen molar-refractivity contribution in [2.75, 3.05) is 7.11 Å². The minimum atomic E-state index is -4.56. The molecule has 1 aromatic heterocycles. The first-order valence-electron chi connectivity index (χ1n) is 9.31. The molecule has 0 spiro atoms. The lowest BCUT2D eigenvalue weighted by molar-refractivity contribution is -0.137. The van der Waals surface area contributed by atoms with Gasteiger partial charge in [-0.25, -0.2) is 10.2 Å². The van der Waals surface area contributed by atoms with Gasteiger partial charge in [0.1, 0.15) is 12.4 Å². The number of benzene rings is 2. The lowest BCUT2D eigenvalue weighted by atomic mass is 10.1. The number of halogens is 3. The molecule has 33 heavy (non-hydrogen) atoms. The van der Waals surface area contributed by atoms with E-state index in [1.807, 2.05) is 0 Å². The third kappa shape index (κ3) is 6.12. The number of ether oxygens (including phenoxy) is 2. The zero-order valence-electron chi connectivity index (χ0n) is 17.1. The van der Waals surface area contributed by atoms with Gasteiger partial charge in [0.15, 0.2) is 11.5 Å². The molecule has 0 radical (unpaired) electrons. The summed E-state index contributed by atoms with van der Waals surface area (Å²) in [7, 11) is 1.41. The van der Waals surface area contributed by atoms with Crippen molar-refractivity contribution in [3.8, 4) is 11.5 Å². The molecule has 3 rings (SSSR count). The first-order valence-corrected chi connectivity index (χ1v) is 9.31. The molecular weight excluding hydrogens is 445 g/mol. The highest BCUT2D eigenvalue weighted by Gasteiger charge is 2.30. The molecule has 1 amide bonds. The quantitative estimate of drug-likeness (QED) is 0.381. The van der Waals surface area contributed by atoms with Gasteiger partial charge in [-0.1, -0.05) is 6.07 Å². The van der Waals surface area contributed by atoms with E-state index in [9.17, 15) is 22.8 Å². The maximum atomic E-state index is 12.8. The van der Waals surface area contributed by atoms with Crippen LogP contribution in [-0.4, -0.2) is 30.3 Å². The van der Waals surface area contributed by atoms with Crippen molar-refractivity contribution in [1.29, 1.82) is 0 Å². The SMILES string of the molecule is COc1cc(C=NNC(=O)c2cccc(C(F)(F)F)c2)ccc1OCc1ccc(C(=O)O)o1. The number of nitrogens with one attached hydrogen (secondary N) is 1. The van der Waals surface area contributed by atoms with Crippen LogP contribution in [0, 0.1) is 0 Å². The first-order chi connectivity index (χ1) is 15.7. The van der Waals surface area contributed by atoms with Crippen LogP contribution in [0.2, 0.25) is 0 Å². The summed E-state index contributed by atoms with van der Waals surface area (Å²) in [5, 5.41) is 12.6. The monoisotopic (exact) mass is 462 g/mol. The van der Waals surface area contributed by atoms with Gasteiger partial charge in [-0.15, -0.1) is 0 Å². The molecule has 0 aliphatic heterocycles. The third-order valence-electron chi connectivity index (χ3n) is 4.26. The van der Waals surface area contributed by atoms with Crippen molar-refractivity contribution in [3.05, 3.63) is 82.8 Å². The summed E-state index contributed by atoms with van der Waals surface area (Å²) in [5.41, 5.74) is 1.55. The number of hydrazone groups is 1. The van der Waals surface area contributed by atoms with E-state index in [-0.39, 0.29) is 17.9 Å². The van der Waals surface area contributed by atoms with Crippen LogP contribution < -0.4 is 14.9 Å². The van der Waals surface area contributed by atoms with Crippen molar-refractivity contribution in [3.63, 3.8) is 0 Å². The van der Waals surface area contributed by atoms with Gasteiger partial charge in [0, 0.05) is 5.56 Å². The highest BCUT2D eigenvalue weighted by molar-refractivity contribution is 5.95. The van der Waals surface area contributed by atoms with Gasteiger partial charge in [0.2, 0.25) is 5.76 Å². The molecule has 0 unspecified atom stereocenters. The third-order valence-corrected chi connectivity index (χ3v) is 4.26. The predicted molar refractivity (Wildman–Crippen MR) is 109 cm³/mol. The Morgan fingerprint density at radius 1 is 1.12 bits per heavy atom. The maximum Gasteiger partial charge on any atom is 0.416 e. The Kier molecular flexibility index (Phi) is 7.01. The second-order valence-electron chi connectivity index (χ2n) is 6.55. The number of hydrogen-bond acceptors (Lipinski definition) is 6. The van der Waals surface area contributed by atoms with Crippen LogP contribution in [0.4, 0.5) is 13.2 Å². The highest BCUT2D eigenvalue weighted by Crippen LogP contribution is 2.30. The van der Waals surface area contributed by atoms with Gasteiger partial charge < -0.3 is 19.0 Å². The summed E-state index contributed by atoms with van der Waals surface area (Å²) < 4.78 is 54.3. The van der Waals surface area contributed by atoms with E-state index >= 15 is 0 Å². The van der Waals surface area contributed by atoms with Crippen molar-refractivity contribution < 1.29 is 41.8 Å². The predicted octanol–water partition coefficient (Wildman–Crippen LogP) is 4.35. The molecule has 8 nitrogen and oxygen atoms in total. The average molecular weight is 462 g/mol. The molecule has 0 saturated carbocycles. The molecule has 0 atom stereocenters. The number of methoxy groups -OCH3 is 1. The molecular formula is C22H17F3N2O6. The Morgan fingerprint density at radius 3 is 2.58 bits per heavy atom. The van der Waals surface area contributed by atoms with E-state index in [2.05, 4.69) is 10.5 Å². The molecule has 3 aromatic rings. The Bertz CT molecular complexity index is 1190. The van der Waals surface area contributed by atoms with Crippen molar-refractivity contribution in [2.45, 2.75) is 12.8 Å². The lowest BCUT2D eigenvalue weighted by Gasteiger charge is -2.10. The largest absolute Gasteiger partial charge is 0.493 e. The number of nitrogens with zero attached hydrogens (tertiary/aromatic N) is 1. The smallest absolute Gasteiger partial charge is 0.416 e. The van der Waals surface area contributed by atoms with Gasteiger partial charge >= 0.3 is 12.1 Å². The van der Waals surface area contributed by atoms with E-state index in [1.54, 1.807) is 18.2 Å². The molecule has 172 valence electrons. The number of carbonyl (C=O) groups is 2. The summed E-state index contributed by atoms with van der Waals surface area (Å²) in [6.45, 7) is -0.0376. The van der Waals surface area contributed by atoms with E-state index in [4.69, 9.17) is 19.0 Å². The number of furan rings is 1. The van der Waals surface area contributed by atoms with Gasteiger partial charge in [0.05, 0.1) is 18.9 Å². The minimum absolute atomic E-state index is 0.0376. The van der Waals surface area contributed by atoms with Crippen LogP contribution >= 0.6 is 0 Å². The summed E-state index contributed by atoms with van der Waals surface area (Å²) in [6, 6.07) is 11.5. The van der Waals surface area contributed by atoms with Crippen molar-refractivity contribution in [2.24, 2.45) is 5.10 Å². The van der Waals surface area contributed by atoms with Crippen LogP contribution in [0.5, 0.6) is 11.5 Å². The van der Waals surface area contributed by atoms with E-state index in [0.717, 1.165) is 18.2 Å². The van der Waals surface area contributed by atoms with E-state index < -0.39 is 23.6 Å². The van der Waals surface area contributed by atoms with Crippen LogP contribution in [0.3, 0.4) is 0 Å². The van der Waals surface area contributed by atoms with Crippen LogP contribution in [0.15, 0.2) is 64.1 Å². The molecule has 2 aromatic carbocycles. The fourth-order valence-electron chi connectivity index (χ4n) is 2.67. The number of amides is 1. The first kappa shape index (κ1) is 23.4. The Morgan fingerprint density at radius 2 is 1.91 bits per heavy atom. The zero-order valence-corrected chi connectivity index (χ0v) is 17.1. The molecule has 0 fully saturated rings. The average Bonchev–Trinajstić information content (AvgIpc) is 3.27. The molecule has 2 N–H and O–H groups in total. The van der Waals surface area contributed by atoms with Crippen LogP contribution in [-0.2, 0) is 12.8 Å². The van der Waals surface area contributed by atoms with Crippen molar-refractivity contribution >= 4 is 18.1 Å². The van der Waals surface area contributed by atoms with E-state index in [1.165, 1.54) is 31.5 Å². The molecule has 1 heterocycles. The van der Waals surface area contributed by atoms with Crippen LogP contribution in [0.25, 0.3) is 0 Å². The van der Waals surface area contributed by atoms with Crippen LogP contribution in [0.1, 0.15) is 37.8 Å². The summed E-state index contributed by atoms with van der Waals surface area (Å²) in [5.74, 6) is -1.23. The summed E-state index contributed by atoms with van der Waals surface area (Å²) in [4.78, 5) is 22.9. The number of rotatable bonds is 8. The molecule has 0 saturated heterocycles. The van der Waals surface area contributed by atoms with E-state index in [0.29, 0.717) is 22.8 Å². The second-order valence-corrected chi connectivity index (χ2v) is 6.55. The number of carboxylic acids is 1. The Balaban J connectivity index is 1.63. The van der Waals surface area contributed by atoms with Gasteiger partial charge in [-0.2, -0.15) is 18.3 Å².